The Kier molecular flexibility index (Phi) is 5.96. The molecule has 11 rings (SSSR count). The van der Waals surface area contributed by atoms with Crippen LogP contribution < -0.4 is 0 Å². The van der Waals surface area contributed by atoms with Gasteiger partial charge in [0, 0.05) is 38.2 Å². The first kappa shape index (κ1) is 28.0. The fourth-order valence-electron chi connectivity index (χ4n) is 8.26. The molecule has 0 bridgehead atoms. The van der Waals surface area contributed by atoms with Crippen molar-refractivity contribution in [3.63, 3.8) is 0 Å². The molecule has 0 spiro atoms. The minimum atomic E-state index is 0.890. The average Bonchev–Trinajstić information content (AvgIpc) is 3.86. The van der Waals surface area contributed by atoms with Crippen molar-refractivity contribution in [1.82, 2.24) is 9.13 Å². The van der Waals surface area contributed by atoms with Gasteiger partial charge in [0.1, 0.15) is 11.2 Å². The Morgan fingerprint density at radius 2 is 0.882 bits per heavy atom. The molecule has 0 aliphatic rings. The number of hydrogen-bond donors (Lipinski definition) is 0. The molecule has 238 valence electrons. The fourth-order valence-corrected chi connectivity index (χ4v) is 8.26. The van der Waals surface area contributed by atoms with Gasteiger partial charge in [-0.2, -0.15) is 0 Å². The largest absolute Gasteiger partial charge is 0.455 e. The lowest BCUT2D eigenvalue weighted by Gasteiger charge is -2.13. The van der Waals surface area contributed by atoms with Gasteiger partial charge in [-0.15, -0.1) is 0 Å². The molecule has 3 aromatic heterocycles. The summed E-state index contributed by atoms with van der Waals surface area (Å²) in [7, 11) is 0. The standard InChI is InChI=1S/C48H30N2O/c1-3-13-31(14-4-1)35-27-28-43(47-40-19-9-12-22-46(40)51-48(35)47)50-42-21-11-8-18-37(42)39-26-24-33(30-45(39)50)32-23-25-38-36-17-7-10-20-41(36)49(44(38)29-32)34-15-5-2-6-16-34/h1-30H. The van der Waals surface area contributed by atoms with Crippen LogP contribution in [0, 0.1) is 0 Å². The maximum Gasteiger partial charge on any atom is 0.145 e. The van der Waals surface area contributed by atoms with Gasteiger partial charge in [-0.25, -0.2) is 0 Å². The second-order valence-corrected chi connectivity index (χ2v) is 13.3. The maximum absolute atomic E-state index is 6.69. The molecule has 0 saturated carbocycles. The Morgan fingerprint density at radius 1 is 0.353 bits per heavy atom. The molecule has 0 saturated heterocycles. The maximum atomic E-state index is 6.69. The van der Waals surface area contributed by atoms with Gasteiger partial charge >= 0.3 is 0 Å². The molecule has 0 unspecified atom stereocenters. The van der Waals surface area contributed by atoms with Gasteiger partial charge in [0.2, 0.25) is 0 Å². The fraction of sp³-hybridized carbons (Fsp3) is 0. The molecule has 3 nitrogen and oxygen atoms in total. The van der Waals surface area contributed by atoms with Crippen molar-refractivity contribution in [1.29, 1.82) is 0 Å². The first-order valence-corrected chi connectivity index (χ1v) is 17.4. The number of rotatable bonds is 4. The molecule has 0 aliphatic carbocycles. The minimum absolute atomic E-state index is 0.890. The zero-order valence-corrected chi connectivity index (χ0v) is 27.6. The molecule has 8 aromatic carbocycles. The third-order valence-corrected chi connectivity index (χ3v) is 10.5. The molecular formula is C48H30N2O. The Balaban J connectivity index is 1.19. The molecule has 11 aromatic rings. The van der Waals surface area contributed by atoms with Gasteiger partial charge in [0.05, 0.1) is 33.1 Å². The van der Waals surface area contributed by atoms with Crippen LogP contribution in [0.5, 0.6) is 0 Å². The van der Waals surface area contributed by atoms with Crippen LogP contribution in [0.2, 0.25) is 0 Å². The predicted molar refractivity (Wildman–Crippen MR) is 213 cm³/mol. The summed E-state index contributed by atoms with van der Waals surface area (Å²) >= 11 is 0. The molecule has 0 atom stereocenters. The summed E-state index contributed by atoms with van der Waals surface area (Å²) in [5.41, 5.74) is 13.4. The normalized spacial score (nSPS) is 11.9. The number of benzene rings is 8. The highest BCUT2D eigenvalue weighted by Crippen LogP contribution is 2.43. The summed E-state index contributed by atoms with van der Waals surface area (Å²) in [6, 6.07) is 65.4. The van der Waals surface area contributed by atoms with E-state index in [4.69, 9.17) is 4.42 Å². The van der Waals surface area contributed by atoms with Crippen LogP contribution in [0.4, 0.5) is 0 Å². The summed E-state index contributed by atoms with van der Waals surface area (Å²) in [5, 5.41) is 7.19. The van der Waals surface area contributed by atoms with Gasteiger partial charge in [0.15, 0.2) is 0 Å². The lowest BCUT2D eigenvalue weighted by atomic mass is 10.0. The third kappa shape index (κ3) is 4.12. The second kappa shape index (κ2) is 10.8. The Hall–Kier alpha value is -6.84. The van der Waals surface area contributed by atoms with E-state index in [1.807, 2.05) is 6.07 Å². The zero-order chi connectivity index (χ0) is 33.5. The van der Waals surface area contributed by atoms with E-state index in [2.05, 4.69) is 185 Å². The highest BCUT2D eigenvalue weighted by Gasteiger charge is 2.21. The van der Waals surface area contributed by atoms with Crippen LogP contribution in [0.15, 0.2) is 186 Å². The molecule has 3 heteroatoms. The predicted octanol–water partition coefficient (Wildman–Crippen LogP) is 13.1. The minimum Gasteiger partial charge on any atom is -0.455 e. The zero-order valence-electron chi connectivity index (χ0n) is 27.6. The molecule has 0 N–H and O–H groups in total. The van der Waals surface area contributed by atoms with Crippen LogP contribution >= 0.6 is 0 Å². The van der Waals surface area contributed by atoms with Crippen LogP contribution in [-0.4, -0.2) is 9.13 Å². The summed E-state index contributed by atoms with van der Waals surface area (Å²) in [6.45, 7) is 0. The van der Waals surface area contributed by atoms with E-state index in [1.54, 1.807) is 0 Å². The van der Waals surface area contributed by atoms with Crippen molar-refractivity contribution >= 4 is 65.6 Å². The highest BCUT2D eigenvalue weighted by molar-refractivity contribution is 6.17. The third-order valence-electron chi connectivity index (χ3n) is 10.5. The van der Waals surface area contributed by atoms with Gasteiger partial charge in [-0.1, -0.05) is 127 Å². The first-order chi connectivity index (χ1) is 25.3. The van der Waals surface area contributed by atoms with Crippen molar-refractivity contribution in [2.45, 2.75) is 0 Å². The molecule has 0 fully saturated rings. The van der Waals surface area contributed by atoms with Crippen LogP contribution in [0.3, 0.4) is 0 Å². The quantitative estimate of drug-likeness (QED) is 0.186. The number of furan rings is 1. The molecule has 0 amide bonds. The van der Waals surface area contributed by atoms with E-state index in [0.717, 1.165) is 50.0 Å². The Morgan fingerprint density at radius 3 is 1.57 bits per heavy atom. The van der Waals surface area contributed by atoms with Crippen molar-refractivity contribution in [3.8, 4) is 33.6 Å². The number of para-hydroxylation sites is 4. The summed E-state index contributed by atoms with van der Waals surface area (Å²) in [4.78, 5) is 0. The summed E-state index contributed by atoms with van der Waals surface area (Å²) < 4.78 is 11.5. The van der Waals surface area contributed by atoms with E-state index in [0.29, 0.717) is 0 Å². The van der Waals surface area contributed by atoms with Crippen molar-refractivity contribution in [3.05, 3.63) is 182 Å². The van der Waals surface area contributed by atoms with Crippen LogP contribution in [0.1, 0.15) is 0 Å². The van der Waals surface area contributed by atoms with E-state index in [1.165, 1.54) is 49.2 Å². The van der Waals surface area contributed by atoms with Gasteiger partial charge in [0.25, 0.3) is 0 Å². The number of fused-ring (bicyclic) bond motifs is 9. The monoisotopic (exact) mass is 650 g/mol. The topological polar surface area (TPSA) is 23.0 Å². The van der Waals surface area contributed by atoms with Gasteiger partial charge < -0.3 is 13.6 Å². The molecule has 3 heterocycles. The van der Waals surface area contributed by atoms with Crippen molar-refractivity contribution < 1.29 is 4.42 Å². The van der Waals surface area contributed by atoms with Crippen LogP contribution in [0.25, 0.3) is 99.2 Å². The average molecular weight is 651 g/mol. The Labute approximate surface area is 293 Å². The smallest absolute Gasteiger partial charge is 0.145 e. The van der Waals surface area contributed by atoms with E-state index in [-0.39, 0.29) is 0 Å². The second-order valence-electron chi connectivity index (χ2n) is 13.3. The highest BCUT2D eigenvalue weighted by atomic mass is 16.3. The van der Waals surface area contributed by atoms with E-state index >= 15 is 0 Å². The first-order valence-electron chi connectivity index (χ1n) is 17.4. The van der Waals surface area contributed by atoms with E-state index in [9.17, 15) is 0 Å². The Bertz CT molecular complexity index is 3130. The SMILES string of the molecule is c1ccc(-c2ccc(-n3c4ccccc4c4ccc(-c5ccc6c7ccccc7n(-c7ccccc7)c6c5)cc43)c3c2oc2ccccc23)cc1. The van der Waals surface area contributed by atoms with Crippen LogP contribution in [-0.2, 0) is 0 Å². The lowest BCUT2D eigenvalue weighted by Crippen LogP contribution is -1.96. The van der Waals surface area contributed by atoms with E-state index < -0.39 is 0 Å². The lowest BCUT2D eigenvalue weighted by molar-refractivity contribution is 0.670. The van der Waals surface area contributed by atoms with Crippen molar-refractivity contribution in [2.24, 2.45) is 0 Å². The number of hydrogen-bond acceptors (Lipinski definition) is 1. The number of nitrogens with zero attached hydrogens (tertiary/aromatic N) is 2. The summed E-state index contributed by atoms with van der Waals surface area (Å²) in [5.74, 6) is 0. The molecule has 51 heavy (non-hydrogen) atoms. The molecule has 0 radical (unpaired) electrons. The molecular weight excluding hydrogens is 621 g/mol. The summed E-state index contributed by atoms with van der Waals surface area (Å²) in [6.07, 6.45) is 0. The molecule has 0 aliphatic heterocycles. The number of aromatic nitrogens is 2. The van der Waals surface area contributed by atoms with Gasteiger partial charge in [-0.3, -0.25) is 0 Å². The van der Waals surface area contributed by atoms with Crippen molar-refractivity contribution in [2.75, 3.05) is 0 Å². The van der Waals surface area contributed by atoms with Gasteiger partial charge in [-0.05, 0) is 71.3 Å².